The van der Waals surface area contributed by atoms with Gasteiger partial charge in [-0.25, -0.2) is 4.79 Å². The molecule has 2 aromatic carbocycles. The van der Waals surface area contributed by atoms with Gasteiger partial charge in [-0.05, 0) is 49.1 Å². The van der Waals surface area contributed by atoms with Gasteiger partial charge in [-0.3, -0.25) is 9.59 Å². The fourth-order valence-electron chi connectivity index (χ4n) is 2.97. The van der Waals surface area contributed by atoms with Gasteiger partial charge >= 0.3 is 5.97 Å². The normalized spacial score (nSPS) is 11.8. The molecule has 2 amide bonds. The van der Waals surface area contributed by atoms with Crippen molar-refractivity contribution in [2.45, 2.75) is 46.7 Å². The maximum atomic E-state index is 13.1. The van der Waals surface area contributed by atoms with Crippen LogP contribution >= 0.6 is 0 Å². The van der Waals surface area contributed by atoms with Crippen LogP contribution in [0.25, 0.3) is 0 Å². The largest absolute Gasteiger partial charge is 0.480 e. The van der Waals surface area contributed by atoms with E-state index in [0.717, 1.165) is 11.1 Å². The smallest absolute Gasteiger partial charge is 0.326 e. The van der Waals surface area contributed by atoms with Gasteiger partial charge in [0, 0.05) is 24.2 Å². The van der Waals surface area contributed by atoms with Gasteiger partial charge in [-0.1, -0.05) is 44.2 Å². The highest BCUT2D eigenvalue weighted by atomic mass is 16.4. The molecule has 6 nitrogen and oxygen atoms in total. The summed E-state index contributed by atoms with van der Waals surface area (Å²) in [5.41, 5.74) is 2.63. The second-order valence-corrected chi connectivity index (χ2v) is 7.61. The average Bonchev–Trinajstić information content (AvgIpc) is 2.66. The first-order valence-corrected chi connectivity index (χ1v) is 9.67. The van der Waals surface area contributed by atoms with Crippen molar-refractivity contribution in [3.63, 3.8) is 0 Å². The van der Waals surface area contributed by atoms with Gasteiger partial charge in [0.1, 0.15) is 6.04 Å². The fraction of sp³-hybridized carbons (Fsp3) is 0.348. The van der Waals surface area contributed by atoms with Crippen LogP contribution in [0.15, 0.2) is 48.5 Å². The predicted octanol–water partition coefficient (Wildman–Crippen LogP) is 4.10. The van der Waals surface area contributed by atoms with Gasteiger partial charge in [0.25, 0.3) is 5.91 Å². The van der Waals surface area contributed by atoms with Gasteiger partial charge in [0.2, 0.25) is 5.91 Å². The van der Waals surface area contributed by atoms with Gasteiger partial charge in [-0.15, -0.1) is 0 Å². The lowest BCUT2D eigenvalue weighted by Gasteiger charge is -2.27. The lowest BCUT2D eigenvalue weighted by Crippen LogP contribution is -2.42. The summed E-state index contributed by atoms with van der Waals surface area (Å²) in [4.78, 5) is 38.0. The maximum Gasteiger partial charge on any atom is 0.326 e. The molecule has 0 aromatic heterocycles. The third kappa shape index (κ3) is 6.17. The second-order valence-electron chi connectivity index (χ2n) is 7.61. The third-order valence-electron chi connectivity index (χ3n) is 4.62. The Balaban J connectivity index is 2.25. The highest BCUT2D eigenvalue weighted by Gasteiger charge is 2.27. The molecule has 154 valence electrons. The SMILES string of the molecule is Cc1cc(C(=O)N(Cc2ccccc2)C(C)C(=O)O)ccc1NC(=O)CC(C)C. The first-order chi connectivity index (χ1) is 13.7. The zero-order valence-electron chi connectivity index (χ0n) is 17.3. The molecule has 29 heavy (non-hydrogen) atoms. The van der Waals surface area contributed by atoms with Crippen LogP contribution in [0.1, 0.15) is 48.7 Å². The van der Waals surface area contributed by atoms with Crippen LogP contribution in [0.2, 0.25) is 0 Å². The first-order valence-electron chi connectivity index (χ1n) is 9.67. The molecule has 0 fully saturated rings. The molecule has 0 aliphatic carbocycles. The molecule has 0 heterocycles. The molecule has 0 aliphatic rings. The summed E-state index contributed by atoms with van der Waals surface area (Å²) in [6.45, 7) is 7.44. The molecule has 0 bridgehead atoms. The number of carboxylic acid groups (broad SMARTS) is 1. The number of aryl methyl sites for hydroxylation is 1. The molecule has 0 aliphatic heterocycles. The average molecular weight is 396 g/mol. The summed E-state index contributed by atoms with van der Waals surface area (Å²) < 4.78 is 0. The third-order valence-corrected chi connectivity index (χ3v) is 4.62. The van der Waals surface area contributed by atoms with E-state index in [1.165, 1.54) is 11.8 Å². The van der Waals surface area contributed by atoms with Gasteiger partial charge in [-0.2, -0.15) is 0 Å². The van der Waals surface area contributed by atoms with E-state index in [4.69, 9.17) is 0 Å². The Hall–Kier alpha value is -3.15. The second kappa shape index (κ2) is 9.87. The van der Waals surface area contributed by atoms with Gasteiger partial charge in [0.05, 0.1) is 0 Å². The summed E-state index contributed by atoms with van der Waals surface area (Å²) in [7, 11) is 0. The summed E-state index contributed by atoms with van der Waals surface area (Å²) in [6.07, 6.45) is 0.418. The Morgan fingerprint density at radius 3 is 2.24 bits per heavy atom. The molecule has 0 saturated heterocycles. The topological polar surface area (TPSA) is 86.7 Å². The number of carbonyl (C=O) groups excluding carboxylic acids is 2. The minimum absolute atomic E-state index is 0.0765. The number of carboxylic acids is 1. The predicted molar refractivity (Wildman–Crippen MR) is 113 cm³/mol. The lowest BCUT2D eigenvalue weighted by atomic mass is 10.1. The standard InChI is InChI=1S/C23H28N2O4/c1-15(2)12-21(26)24-20-11-10-19(13-16(20)3)22(27)25(17(4)23(28)29)14-18-8-6-5-7-9-18/h5-11,13,15,17H,12,14H2,1-4H3,(H,24,26)(H,28,29). The number of carbonyl (C=O) groups is 3. The van der Waals surface area contributed by atoms with Crippen LogP contribution in [0, 0.1) is 12.8 Å². The van der Waals surface area contributed by atoms with Crippen molar-refractivity contribution in [2.24, 2.45) is 5.92 Å². The molecule has 6 heteroatoms. The highest BCUT2D eigenvalue weighted by molar-refractivity contribution is 5.98. The van der Waals surface area contributed by atoms with E-state index in [9.17, 15) is 19.5 Å². The number of benzene rings is 2. The van der Waals surface area contributed by atoms with Crippen LogP contribution in [0.3, 0.4) is 0 Å². The molecular formula is C23H28N2O4. The van der Waals surface area contributed by atoms with Crippen molar-refractivity contribution < 1.29 is 19.5 Å². The maximum absolute atomic E-state index is 13.1. The number of hydrogen-bond acceptors (Lipinski definition) is 3. The number of nitrogens with one attached hydrogen (secondary N) is 1. The molecule has 2 aromatic rings. The molecule has 1 atom stereocenters. The number of anilines is 1. The van der Waals surface area contributed by atoms with Crippen LogP contribution < -0.4 is 5.32 Å². The van der Waals surface area contributed by atoms with Crippen molar-refractivity contribution in [3.8, 4) is 0 Å². The molecule has 0 saturated carbocycles. The summed E-state index contributed by atoms with van der Waals surface area (Å²) in [5, 5.41) is 12.3. The molecule has 2 N–H and O–H groups in total. The van der Waals surface area contributed by atoms with Crippen molar-refractivity contribution in [1.82, 2.24) is 4.90 Å². The Morgan fingerprint density at radius 1 is 1.03 bits per heavy atom. The zero-order chi connectivity index (χ0) is 21.6. The summed E-state index contributed by atoms with van der Waals surface area (Å²) in [6, 6.07) is 13.3. The Morgan fingerprint density at radius 2 is 1.69 bits per heavy atom. The molecule has 2 rings (SSSR count). The van der Waals surface area contributed by atoms with Gasteiger partial charge < -0.3 is 15.3 Å². The summed E-state index contributed by atoms with van der Waals surface area (Å²) in [5.74, 6) is -1.26. The van der Waals surface area contributed by atoms with E-state index in [0.29, 0.717) is 17.7 Å². The van der Waals surface area contributed by atoms with Crippen molar-refractivity contribution in [1.29, 1.82) is 0 Å². The number of rotatable bonds is 8. The monoisotopic (exact) mass is 396 g/mol. The van der Waals surface area contributed by atoms with E-state index in [2.05, 4.69) is 5.32 Å². The van der Waals surface area contributed by atoms with E-state index < -0.39 is 12.0 Å². The van der Waals surface area contributed by atoms with Crippen LogP contribution in [-0.4, -0.2) is 33.8 Å². The molecule has 1 unspecified atom stereocenters. The van der Waals surface area contributed by atoms with Crippen molar-refractivity contribution >= 4 is 23.5 Å². The number of amides is 2. The Kier molecular flexibility index (Phi) is 7.53. The quantitative estimate of drug-likeness (QED) is 0.703. The fourth-order valence-corrected chi connectivity index (χ4v) is 2.97. The molecular weight excluding hydrogens is 368 g/mol. The number of aliphatic carboxylic acids is 1. The van der Waals surface area contributed by atoms with Crippen LogP contribution in [0.4, 0.5) is 5.69 Å². The molecule has 0 radical (unpaired) electrons. The van der Waals surface area contributed by atoms with E-state index in [1.54, 1.807) is 18.2 Å². The zero-order valence-corrected chi connectivity index (χ0v) is 17.3. The van der Waals surface area contributed by atoms with Crippen molar-refractivity contribution in [2.75, 3.05) is 5.32 Å². The van der Waals surface area contributed by atoms with E-state index >= 15 is 0 Å². The van der Waals surface area contributed by atoms with Gasteiger partial charge in [0.15, 0.2) is 0 Å². The highest BCUT2D eigenvalue weighted by Crippen LogP contribution is 2.20. The minimum atomic E-state index is -1.07. The number of hydrogen-bond donors (Lipinski definition) is 2. The minimum Gasteiger partial charge on any atom is -0.480 e. The van der Waals surface area contributed by atoms with E-state index in [-0.39, 0.29) is 24.3 Å². The number of nitrogens with zero attached hydrogens (tertiary/aromatic N) is 1. The van der Waals surface area contributed by atoms with Crippen LogP contribution in [0.5, 0.6) is 0 Å². The Labute approximate surface area is 171 Å². The first kappa shape index (κ1) is 22.1. The van der Waals surface area contributed by atoms with Crippen LogP contribution in [-0.2, 0) is 16.1 Å². The molecule has 0 spiro atoms. The summed E-state index contributed by atoms with van der Waals surface area (Å²) >= 11 is 0. The lowest BCUT2D eigenvalue weighted by molar-refractivity contribution is -0.141. The Bertz CT molecular complexity index is 878. The van der Waals surface area contributed by atoms with E-state index in [1.807, 2.05) is 51.1 Å². The van der Waals surface area contributed by atoms with Crippen molar-refractivity contribution in [3.05, 3.63) is 65.2 Å².